The van der Waals surface area contributed by atoms with Gasteiger partial charge in [-0.15, -0.1) is 0 Å². The fourth-order valence-electron chi connectivity index (χ4n) is 3.99. The predicted molar refractivity (Wildman–Crippen MR) is 109 cm³/mol. The van der Waals surface area contributed by atoms with Crippen molar-refractivity contribution in [2.45, 2.75) is 32.3 Å². The van der Waals surface area contributed by atoms with E-state index in [2.05, 4.69) is 10.2 Å². The molecule has 2 aromatic carbocycles. The van der Waals surface area contributed by atoms with Crippen LogP contribution in [0.15, 0.2) is 36.5 Å². The van der Waals surface area contributed by atoms with Gasteiger partial charge in [0.15, 0.2) is 17.7 Å². The van der Waals surface area contributed by atoms with Gasteiger partial charge in [-0.05, 0) is 35.7 Å². The molecule has 0 aliphatic carbocycles. The Morgan fingerprint density at radius 3 is 2.63 bits per heavy atom. The zero-order valence-corrected chi connectivity index (χ0v) is 16.7. The highest BCUT2D eigenvalue weighted by Crippen LogP contribution is 2.37. The number of benzene rings is 2. The Bertz CT molecular complexity index is 1260. The van der Waals surface area contributed by atoms with Gasteiger partial charge in [0.2, 0.25) is 0 Å². The van der Waals surface area contributed by atoms with Crippen molar-refractivity contribution in [3.8, 4) is 5.69 Å². The van der Waals surface area contributed by atoms with Gasteiger partial charge in [-0.25, -0.2) is 13.6 Å². The van der Waals surface area contributed by atoms with Crippen molar-refractivity contribution in [3.63, 3.8) is 0 Å². The van der Waals surface area contributed by atoms with E-state index in [9.17, 15) is 18.7 Å². The molecule has 2 heterocycles. The van der Waals surface area contributed by atoms with Gasteiger partial charge in [-0.1, -0.05) is 13.8 Å². The molecule has 0 aliphatic heterocycles. The summed E-state index contributed by atoms with van der Waals surface area (Å²) in [6.07, 6.45) is 0.775. The lowest BCUT2D eigenvalue weighted by molar-refractivity contribution is -0.148. The van der Waals surface area contributed by atoms with Crippen LogP contribution in [0.5, 0.6) is 0 Å². The van der Waals surface area contributed by atoms with Crippen LogP contribution in [0.4, 0.5) is 8.78 Å². The molecule has 2 aromatic heterocycles. The third-order valence-corrected chi connectivity index (χ3v) is 5.33. The Balaban J connectivity index is 2.09. The largest absolute Gasteiger partial charge is 0.479 e. The monoisotopic (exact) mass is 413 g/mol. The standard InChI is InChI=1S/C22H21F2N3O3/c1-11(2)21-15(9-20(30-3)22(28)29)14-8-18-12(10-25-26-18)6-19(14)27(21)13-4-5-16(23)17(24)7-13/h4-8,10-11,20H,9H2,1-3H3,(H,25,26)(H,28,29)/t20-/m1/s1. The maximum atomic E-state index is 14.1. The molecule has 6 nitrogen and oxygen atoms in total. The maximum Gasteiger partial charge on any atom is 0.333 e. The number of carboxylic acids is 1. The van der Waals surface area contributed by atoms with Crippen LogP contribution in [0, 0.1) is 11.6 Å². The summed E-state index contributed by atoms with van der Waals surface area (Å²) in [4.78, 5) is 11.6. The van der Waals surface area contributed by atoms with Crippen LogP contribution in [0.2, 0.25) is 0 Å². The lowest BCUT2D eigenvalue weighted by Crippen LogP contribution is -2.25. The highest BCUT2D eigenvalue weighted by molar-refractivity contribution is 5.99. The van der Waals surface area contributed by atoms with Gasteiger partial charge >= 0.3 is 5.97 Å². The number of ether oxygens (including phenoxy) is 1. The zero-order chi connectivity index (χ0) is 21.6. The number of hydrogen-bond donors (Lipinski definition) is 2. The fraction of sp³-hybridized carbons (Fsp3) is 0.273. The Morgan fingerprint density at radius 2 is 2.00 bits per heavy atom. The van der Waals surface area contributed by atoms with E-state index in [0.717, 1.165) is 45.2 Å². The molecule has 1 atom stereocenters. The number of hydrogen-bond acceptors (Lipinski definition) is 3. The van der Waals surface area contributed by atoms with Gasteiger partial charge in [0.05, 0.1) is 17.2 Å². The topological polar surface area (TPSA) is 80.1 Å². The minimum absolute atomic E-state index is 0.0247. The third-order valence-electron chi connectivity index (χ3n) is 5.33. The first-order valence-electron chi connectivity index (χ1n) is 9.53. The van der Waals surface area contributed by atoms with Crippen molar-refractivity contribution in [1.29, 1.82) is 0 Å². The molecule has 30 heavy (non-hydrogen) atoms. The summed E-state index contributed by atoms with van der Waals surface area (Å²) in [6.45, 7) is 3.95. The molecule has 8 heteroatoms. The van der Waals surface area contributed by atoms with Crippen LogP contribution in [0.25, 0.3) is 27.5 Å². The van der Waals surface area contributed by atoms with Gasteiger partial charge in [-0.3, -0.25) is 5.10 Å². The summed E-state index contributed by atoms with van der Waals surface area (Å²) in [7, 11) is 1.36. The number of carboxylic acid groups (broad SMARTS) is 1. The first kappa shape index (κ1) is 20.0. The molecular formula is C22H21F2N3O3. The number of halogens is 2. The molecule has 0 unspecified atom stereocenters. The fourth-order valence-corrected chi connectivity index (χ4v) is 3.99. The molecule has 0 bridgehead atoms. The van der Waals surface area contributed by atoms with Crippen molar-refractivity contribution >= 4 is 27.8 Å². The van der Waals surface area contributed by atoms with Crippen molar-refractivity contribution in [2.24, 2.45) is 0 Å². The van der Waals surface area contributed by atoms with Crippen LogP contribution < -0.4 is 0 Å². The summed E-state index contributed by atoms with van der Waals surface area (Å²) in [6, 6.07) is 7.57. The second-order valence-corrected chi connectivity index (χ2v) is 7.55. The minimum Gasteiger partial charge on any atom is -0.479 e. The van der Waals surface area contributed by atoms with Crippen molar-refractivity contribution in [1.82, 2.24) is 14.8 Å². The smallest absolute Gasteiger partial charge is 0.333 e. The summed E-state index contributed by atoms with van der Waals surface area (Å²) >= 11 is 0. The number of aromatic nitrogens is 3. The van der Waals surface area contributed by atoms with E-state index < -0.39 is 23.7 Å². The van der Waals surface area contributed by atoms with Gasteiger partial charge in [0.1, 0.15) is 0 Å². The number of carbonyl (C=O) groups is 1. The van der Waals surface area contributed by atoms with E-state index in [4.69, 9.17) is 4.74 Å². The molecule has 4 aromatic rings. The van der Waals surface area contributed by atoms with Gasteiger partial charge in [0, 0.05) is 41.8 Å². The van der Waals surface area contributed by atoms with E-state index in [0.29, 0.717) is 5.69 Å². The predicted octanol–water partition coefficient (Wildman–Crippen LogP) is 4.55. The number of H-pyrrole nitrogens is 1. The highest BCUT2D eigenvalue weighted by atomic mass is 19.2. The van der Waals surface area contributed by atoms with Crippen LogP contribution in [0.1, 0.15) is 31.0 Å². The average molecular weight is 413 g/mol. The molecule has 0 saturated heterocycles. The Kier molecular flexibility index (Phi) is 5.03. The number of methoxy groups -OCH3 is 1. The normalized spacial score (nSPS) is 12.9. The maximum absolute atomic E-state index is 14.1. The lowest BCUT2D eigenvalue weighted by atomic mass is 9.98. The van der Waals surface area contributed by atoms with Gasteiger partial charge in [0.25, 0.3) is 0 Å². The molecule has 0 saturated carbocycles. The molecule has 2 N–H and O–H groups in total. The highest BCUT2D eigenvalue weighted by Gasteiger charge is 2.27. The number of aliphatic carboxylic acids is 1. The minimum atomic E-state index is -1.07. The van der Waals surface area contributed by atoms with E-state index in [-0.39, 0.29) is 12.3 Å². The van der Waals surface area contributed by atoms with Gasteiger partial charge < -0.3 is 14.4 Å². The van der Waals surface area contributed by atoms with E-state index in [1.807, 2.05) is 30.5 Å². The van der Waals surface area contributed by atoms with E-state index in [1.165, 1.54) is 13.2 Å². The summed E-state index contributed by atoms with van der Waals surface area (Å²) in [5, 5.41) is 18.2. The van der Waals surface area contributed by atoms with E-state index >= 15 is 0 Å². The second-order valence-electron chi connectivity index (χ2n) is 7.55. The van der Waals surface area contributed by atoms with Crippen LogP contribution in [-0.2, 0) is 16.0 Å². The lowest BCUT2D eigenvalue weighted by Gasteiger charge is -2.17. The molecule has 0 amide bonds. The molecule has 0 aliphatic rings. The number of nitrogens with one attached hydrogen (secondary N) is 1. The van der Waals surface area contributed by atoms with Crippen molar-refractivity contribution < 1.29 is 23.4 Å². The summed E-state index contributed by atoms with van der Waals surface area (Å²) < 4.78 is 34.7. The molecule has 4 rings (SSSR count). The van der Waals surface area contributed by atoms with Crippen LogP contribution in [-0.4, -0.2) is 39.1 Å². The molecular weight excluding hydrogens is 392 g/mol. The number of nitrogens with zero attached hydrogens (tertiary/aromatic N) is 2. The van der Waals surface area contributed by atoms with Crippen molar-refractivity contribution in [3.05, 3.63) is 59.4 Å². The SMILES string of the molecule is CO[C@H](Cc1c(C(C)C)n(-c2ccc(F)c(F)c2)c2cc3cn[nH]c3cc12)C(=O)O. The van der Waals surface area contributed by atoms with Crippen molar-refractivity contribution in [2.75, 3.05) is 7.11 Å². The molecule has 0 spiro atoms. The molecule has 0 fully saturated rings. The van der Waals surface area contributed by atoms with Gasteiger partial charge in [-0.2, -0.15) is 5.10 Å². The number of aromatic amines is 1. The Hall–Kier alpha value is -3.26. The van der Waals surface area contributed by atoms with E-state index in [1.54, 1.807) is 6.20 Å². The second kappa shape index (κ2) is 7.53. The zero-order valence-electron chi connectivity index (χ0n) is 16.7. The Labute approximate surface area is 171 Å². The summed E-state index contributed by atoms with van der Waals surface area (Å²) in [5.74, 6) is -2.97. The summed E-state index contributed by atoms with van der Waals surface area (Å²) in [5.41, 5.74) is 3.62. The number of fused-ring (bicyclic) bond motifs is 2. The average Bonchev–Trinajstić information content (AvgIpc) is 3.28. The first-order chi connectivity index (χ1) is 14.3. The Morgan fingerprint density at radius 1 is 1.23 bits per heavy atom. The number of rotatable bonds is 6. The molecule has 0 radical (unpaired) electrons. The van der Waals surface area contributed by atoms with Crippen LogP contribution >= 0.6 is 0 Å². The quantitative estimate of drug-likeness (QED) is 0.486. The first-order valence-corrected chi connectivity index (χ1v) is 9.53. The van der Waals surface area contributed by atoms with Crippen LogP contribution in [0.3, 0.4) is 0 Å². The molecule has 156 valence electrons. The third kappa shape index (κ3) is 3.23.